The van der Waals surface area contributed by atoms with Gasteiger partial charge in [0, 0.05) is 29.8 Å². The summed E-state index contributed by atoms with van der Waals surface area (Å²) < 4.78 is 5.17. The number of methoxy groups -OCH3 is 1. The van der Waals surface area contributed by atoms with Gasteiger partial charge in [-0.05, 0) is 66.8 Å². The van der Waals surface area contributed by atoms with Gasteiger partial charge in [0.1, 0.15) is 11.4 Å². The maximum Gasteiger partial charge on any atom is 0.268 e. The van der Waals surface area contributed by atoms with Gasteiger partial charge in [0.05, 0.1) is 13.5 Å². The molecule has 2 bridgehead atoms. The predicted molar refractivity (Wildman–Crippen MR) is 114 cm³/mol. The van der Waals surface area contributed by atoms with Crippen LogP contribution in [0.5, 0.6) is 5.75 Å². The number of nitrogens with zero attached hydrogens (tertiary/aromatic N) is 1. The molecule has 3 atom stereocenters. The summed E-state index contributed by atoms with van der Waals surface area (Å²) in [4.78, 5) is 30.8. The van der Waals surface area contributed by atoms with Crippen LogP contribution in [0.25, 0.3) is 0 Å². The summed E-state index contributed by atoms with van der Waals surface area (Å²) in [7, 11) is 1.59. The fourth-order valence-electron chi connectivity index (χ4n) is 5.40. The number of benzene rings is 1. The van der Waals surface area contributed by atoms with Crippen molar-refractivity contribution in [2.24, 2.45) is 5.92 Å². The Labute approximate surface area is 180 Å². The van der Waals surface area contributed by atoms with Gasteiger partial charge in [-0.2, -0.15) is 0 Å². The van der Waals surface area contributed by atoms with Crippen LogP contribution in [0.2, 0.25) is 5.02 Å². The lowest BCUT2D eigenvalue weighted by Crippen LogP contribution is -2.48. The van der Waals surface area contributed by atoms with E-state index < -0.39 is 0 Å². The number of aryl methyl sites for hydroxylation is 1. The highest BCUT2D eigenvalue weighted by molar-refractivity contribution is 6.31. The van der Waals surface area contributed by atoms with E-state index in [2.05, 4.69) is 10.3 Å². The first-order valence-corrected chi connectivity index (χ1v) is 11.0. The van der Waals surface area contributed by atoms with Gasteiger partial charge in [0.2, 0.25) is 5.91 Å². The van der Waals surface area contributed by atoms with Gasteiger partial charge >= 0.3 is 0 Å². The van der Waals surface area contributed by atoms with Crippen molar-refractivity contribution in [3.63, 3.8) is 0 Å². The van der Waals surface area contributed by atoms with E-state index >= 15 is 0 Å². The van der Waals surface area contributed by atoms with Crippen molar-refractivity contribution in [3.05, 3.63) is 51.8 Å². The molecule has 2 fully saturated rings. The highest BCUT2D eigenvalue weighted by Crippen LogP contribution is 2.39. The molecule has 0 radical (unpaired) electrons. The lowest BCUT2D eigenvalue weighted by atomic mass is 10.0. The molecule has 30 heavy (non-hydrogen) atoms. The molecule has 2 heterocycles. The van der Waals surface area contributed by atoms with Crippen molar-refractivity contribution >= 4 is 23.4 Å². The van der Waals surface area contributed by atoms with Gasteiger partial charge < -0.3 is 19.9 Å². The summed E-state index contributed by atoms with van der Waals surface area (Å²) >= 11 is 6.31. The van der Waals surface area contributed by atoms with E-state index in [0.29, 0.717) is 23.2 Å². The number of rotatable bonds is 5. The molecule has 7 heteroatoms. The minimum Gasteiger partial charge on any atom is -0.497 e. The van der Waals surface area contributed by atoms with Crippen LogP contribution < -0.4 is 10.1 Å². The molecule has 1 aromatic carbocycles. The Morgan fingerprint density at radius 3 is 2.90 bits per heavy atom. The molecule has 0 unspecified atom stereocenters. The van der Waals surface area contributed by atoms with Gasteiger partial charge in [-0.1, -0.05) is 17.7 Å². The number of hydrogen-bond donors (Lipinski definition) is 2. The Kier molecular flexibility index (Phi) is 4.97. The Bertz CT molecular complexity index is 1000. The van der Waals surface area contributed by atoms with Crippen molar-refractivity contribution in [3.8, 4) is 5.75 Å². The molecule has 2 aromatic rings. The second-order valence-corrected chi connectivity index (χ2v) is 9.07. The number of fused-ring (bicyclic) bond motifs is 3. The molecule has 1 aliphatic heterocycles. The number of likely N-dealkylation sites (tertiary alicyclic amines) is 1. The van der Waals surface area contributed by atoms with Crippen molar-refractivity contribution in [2.45, 2.75) is 50.6 Å². The molecule has 2 N–H and O–H groups in total. The first-order valence-electron chi connectivity index (χ1n) is 10.7. The first kappa shape index (κ1) is 19.5. The number of hydrogen-bond acceptors (Lipinski definition) is 3. The highest BCUT2D eigenvalue weighted by atomic mass is 35.5. The summed E-state index contributed by atoms with van der Waals surface area (Å²) in [6.07, 6.45) is 7.21. The third-order valence-electron chi connectivity index (χ3n) is 6.96. The Balaban J connectivity index is 1.19. The number of halogens is 1. The molecular weight excluding hydrogens is 402 g/mol. The van der Waals surface area contributed by atoms with Gasteiger partial charge in [0.15, 0.2) is 0 Å². The van der Waals surface area contributed by atoms with Gasteiger partial charge in [-0.15, -0.1) is 0 Å². The molecule has 2 aliphatic carbocycles. The third kappa shape index (κ3) is 3.37. The summed E-state index contributed by atoms with van der Waals surface area (Å²) in [5.41, 5.74) is 4.01. The zero-order valence-corrected chi connectivity index (χ0v) is 17.8. The predicted octanol–water partition coefficient (Wildman–Crippen LogP) is 3.13. The van der Waals surface area contributed by atoms with Crippen LogP contribution in [-0.2, 0) is 24.1 Å². The van der Waals surface area contributed by atoms with Crippen LogP contribution >= 0.6 is 11.6 Å². The fourth-order valence-corrected chi connectivity index (χ4v) is 5.64. The van der Waals surface area contributed by atoms with E-state index in [4.69, 9.17) is 16.3 Å². The van der Waals surface area contributed by atoms with Gasteiger partial charge in [0.25, 0.3) is 5.91 Å². The average Bonchev–Trinajstić information content (AvgIpc) is 3.49. The van der Waals surface area contributed by atoms with E-state index in [-0.39, 0.29) is 30.3 Å². The zero-order valence-electron chi connectivity index (χ0n) is 17.0. The molecule has 1 saturated heterocycles. The topological polar surface area (TPSA) is 74.4 Å². The average molecular weight is 428 g/mol. The molecule has 5 rings (SSSR count). The number of ether oxygens (including phenoxy) is 1. The van der Waals surface area contributed by atoms with Crippen LogP contribution in [0.15, 0.2) is 24.4 Å². The van der Waals surface area contributed by atoms with E-state index in [1.54, 1.807) is 13.2 Å². The first-order chi connectivity index (χ1) is 14.5. The van der Waals surface area contributed by atoms with Gasteiger partial charge in [-0.3, -0.25) is 9.59 Å². The quantitative estimate of drug-likeness (QED) is 0.769. The highest BCUT2D eigenvalue weighted by Gasteiger charge is 2.47. The molecule has 2 amide bonds. The van der Waals surface area contributed by atoms with Crippen LogP contribution in [0.1, 0.15) is 46.4 Å². The number of H-pyrrole nitrogens is 1. The lowest BCUT2D eigenvalue weighted by molar-refractivity contribution is -0.132. The number of nitrogens with one attached hydrogen (secondary N) is 2. The number of piperidine rings is 1. The summed E-state index contributed by atoms with van der Waals surface area (Å²) in [6, 6.07) is 5.75. The molecular formula is C23H26ClN3O3. The summed E-state index contributed by atoms with van der Waals surface area (Å²) in [5, 5.41) is 3.78. The molecule has 1 saturated carbocycles. The fraction of sp³-hybridized carbons (Fsp3) is 0.478. The second kappa shape index (κ2) is 7.65. The van der Waals surface area contributed by atoms with Gasteiger partial charge in [-0.25, -0.2) is 0 Å². The van der Waals surface area contributed by atoms with Crippen molar-refractivity contribution in [1.82, 2.24) is 15.2 Å². The molecule has 1 aromatic heterocycles. The summed E-state index contributed by atoms with van der Waals surface area (Å²) in [5.74, 6) is 1.10. The minimum absolute atomic E-state index is 0.00130. The maximum atomic E-state index is 12.9. The van der Waals surface area contributed by atoms with E-state index in [9.17, 15) is 9.59 Å². The second-order valence-electron chi connectivity index (χ2n) is 8.67. The van der Waals surface area contributed by atoms with Crippen LogP contribution in [0, 0.1) is 5.92 Å². The zero-order chi connectivity index (χ0) is 20.8. The molecule has 3 aliphatic rings. The maximum absolute atomic E-state index is 12.9. The molecule has 158 valence electrons. The summed E-state index contributed by atoms with van der Waals surface area (Å²) in [6.45, 7) is 0.699. The van der Waals surface area contributed by atoms with Crippen molar-refractivity contribution in [2.75, 3.05) is 13.7 Å². The van der Waals surface area contributed by atoms with Crippen molar-refractivity contribution < 1.29 is 14.3 Å². The van der Waals surface area contributed by atoms with E-state index in [1.165, 1.54) is 11.1 Å². The Morgan fingerprint density at radius 2 is 2.17 bits per heavy atom. The Hall–Kier alpha value is -2.47. The number of amides is 2. The van der Waals surface area contributed by atoms with E-state index in [0.717, 1.165) is 43.4 Å². The van der Waals surface area contributed by atoms with Crippen LogP contribution in [0.3, 0.4) is 0 Å². The van der Waals surface area contributed by atoms with Crippen LogP contribution in [0.4, 0.5) is 0 Å². The number of aromatic amines is 1. The molecule has 6 nitrogen and oxygen atoms in total. The number of carbonyl (C=O) groups excluding carboxylic acids is 2. The SMILES string of the molecule is COc1ccc(CC(=O)N2C[C@H]3C[C@@H]2C[C@H]3NC(=O)c2[nH]cc3c2CCC3)c(Cl)c1. The molecule has 0 spiro atoms. The van der Waals surface area contributed by atoms with Crippen molar-refractivity contribution in [1.29, 1.82) is 0 Å². The van der Waals surface area contributed by atoms with E-state index in [1.807, 2.05) is 23.2 Å². The smallest absolute Gasteiger partial charge is 0.268 e. The van der Waals surface area contributed by atoms with Crippen LogP contribution in [-0.4, -0.2) is 47.4 Å². The third-order valence-corrected chi connectivity index (χ3v) is 7.31. The Morgan fingerprint density at radius 1 is 1.30 bits per heavy atom. The normalized spacial score (nSPS) is 24.2. The monoisotopic (exact) mass is 427 g/mol. The largest absolute Gasteiger partial charge is 0.497 e. The number of carbonyl (C=O) groups is 2. The number of aromatic nitrogens is 1. The minimum atomic E-state index is -0.00130. The standard InChI is InChI=1S/C23H26ClN3O3/c1-30-17-6-5-13(19(24)10-17)8-21(28)27-12-15-7-16(27)9-20(15)26-23(29)22-18-4-2-3-14(18)11-25-22/h5-6,10-11,15-16,20,25H,2-4,7-9,12H2,1H3,(H,26,29)/t15-,16-,20-/m1/s1. The lowest BCUT2D eigenvalue weighted by Gasteiger charge is -2.32.